The predicted octanol–water partition coefficient (Wildman–Crippen LogP) is 3.90. The maximum atomic E-state index is 12.1. The average molecular weight is 509 g/mol. The first-order valence-corrected chi connectivity index (χ1v) is 13.3. The molecule has 0 bridgehead atoms. The van der Waals surface area contributed by atoms with E-state index >= 15 is 0 Å². The van der Waals surface area contributed by atoms with Gasteiger partial charge in [-0.15, -0.1) is 0 Å². The molecule has 2 saturated heterocycles. The predicted molar refractivity (Wildman–Crippen MR) is 144 cm³/mol. The maximum Gasteiger partial charge on any atom is 0.373 e. The van der Waals surface area contributed by atoms with Crippen molar-refractivity contribution in [2.45, 2.75) is 44.9 Å². The molecule has 2 aromatic rings. The summed E-state index contributed by atoms with van der Waals surface area (Å²) in [6, 6.07) is 14.1. The first-order valence-electron chi connectivity index (χ1n) is 13.3. The second-order valence-corrected chi connectivity index (χ2v) is 10.8. The van der Waals surface area contributed by atoms with E-state index in [-0.39, 0.29) is 17.1 Å². The van der Waals surface area contributed by atoms with Gasteiger partial charge in [-0.2, -0.15) is 9.59 Å². The van der Waals surface area contributed by atoms with Crippen molar-refractivity contribution in [1.29, 1.82) is 0 Å². The van der Waals surface area contributed by atoms with Gasteiger partial charge >= 0.3 is 6.15 Å². The lowest BCUT2D eigenvalue weighted by atomic mass is 9.64. The zero-order chi connectivity index (χ0) is 26.9. The van der Waals surface area contributed by atoms with Crippen LogP contribution < -0.4 is 10.0 Å². The van der Waals surface area contributed by atoms with E-state index < -0.39 is 5.97 Å². The summed E-state index contributed by atoms with van der Waals surface area (Å²) in [6.45, 7) is 9.01. The van der Waals surface area contributed by atoms with Crippen LogP contribution >= 0.6 is 0 Å². The Labute approximate surface area is 223 Å². The molecule has 0 amide bonds. The molecule has 2 aliphatic heterocycles. The molecule has 2 aromatic carbocycles. The van der Waals surface area contributed by atoms with Gasteiger partial charge < -0.3 is 14.8 Å². The second kappa shape index (κ2) is 10.4. The molecule has 0 atom stereocenters. The molecule has 6 nitrogen and oxygen atoms in total. The van der Waals surface area contributed by atoms with Crippen LogP contribution in [0.15, 0.2) is 71.8 Å². The molecule has 194 valence electrons. The van der Waals surface area contributed by atoms with E-state index in [9.17, 15) is 9.90 Å². The monoisotopic (exact) mass is 508 g/mol. The standard InChI is InChI=1S/C31H32N2O2.CO2/c1-31(2)27-19-21(32-15-5-6-16-32)11-13-25(27)29(23-9-3-4-10-24(23)30(34)35)26-14-12-22(20-28(26)31)33-17-7-8-18-33;2-1-3/h3-4,9-14,19-20H,5-8,15-18H2,1-2H3;. The van der Waals surface area contributed by atoms with Crippen molar-refractivity contribution in [3.05, 3.63) is 94.1 Å². The zero-order valence-corrected chi connectivity index (χ0v) is 22.0. The van der Waals surface area contributed by atoms with Crippen molar-refractivity contribution in [2.24, 2.45) is 0 Å². The zero-order valence-electron chi connectivity index (χ0n) is 22.0. The van der Waals surface area contributed by atoms with Crippen LogP contribution in [0.5, 0.6) is 0 Å². The number of carbonyl (C=O) groups is 1. The summed E-state index contributed by atoms with van der Waals surface area (Å²) < 4.78 is 2.47. The Morgan fingerprint density at radius 3 is 2.32 bits per heavy atom. The Morgan fingerprint density at radius 2 is 1.63 bits per heavy atom. The number of fused-ring (bicyclic) bond motifs is 2. The number of rotatable bonds is 3. The molecule has 0 N–H and O–H groups in total. The van der Waals surface area contributed by atoms with Crippen molar-refractivity contribution < 1.29 is 24.1 Å². The van der Waals surface area contributed by atoms with E-state index in [0.717, 1.165) is 48.5 Å². The number of carboxylic acid groups (broad SMARTS) is 1. The topological polar surface area (TPSA) is 80.5 Å². The highest BCUT2D eigenvalue weighted by Gasteiger charge is 2.39. The normalized spacial score (nSPS) is 19.3. The average Bonchev–Trinajstić information content (AvgIpc) is 3.65. The van der Waals surface area contributed by atoms with Crippen molar-refractivity contribution in [3.63, 3.8) is 0 Å². The molecule has 2 aliphatic carbocycles. The van der Waals surface area contributed by atoms with Crippen LogP contribution in [0.3, 0.4) is 0 Å². The van der Waals surface area contributed by atoms with Gasteiger partial charge in [0.15, 0.2) is 5.71 Å². The summed E-state index contributed by atoms with van der Waals surface area (Å²) >= 11 is 0. The number of hydrogen-bond acceptors (Lipinski definition) is 5. The highest BCUT2D eigenvalue weighted by molar-refractivity contribution is 6.08. The number of hydrogen-bond donors (Lipinski definition) is 0. The van der Waals surface area contributed by atoms with E-state index in [1.165, 1.54) is 48.2 Å². The Kier molecular flexibility index (Phi) is 7.00. The number of anilines is 1. The highest BCUT2D eigenvalue weighted by Crippen LogP contribution is 2.51. The van der Waals surface area contributed by atoms with Crippen LogP contribution in [0.4, 0.5) is 5.69 Å². The minimum Gasteiger partial charge on any atom is -0.545 e. The molecule has 2 fully saturated rings. The Hall–Kier alpha value is -4.02. The van der Waals surface area contributed by atoms with Gasteiger partial charge in [-0.1, -0.05) is 44.2 Å². The van der Waals surface area contributed by atoms with E-state index in [4.69, 9.17) is 9.59 Å². The van der Waals surface area contributed by atoms with Crippen molar-refractivity contribution in [3.8, 4) is 0 Å². The molecule has 4 aliphatic rings. The fourth-order valence-corrected chi connectivity index (χ4v) is 6.34. The molecule has 0 spiro atoms. The number of nitrogens with zero attached hydrogens (tertiary/aromatic N) is 2. The van der Waals surface area contributed by atoms with Crippen LogP contribution in [-0.2, 0) is 15.0 Å². The molecule has 6 heteroatoms. The second-order valence-electron chi connectivity index (χ2n) is 10.8. The molecule has 0 saturated carbocycles. The summed E-state index contributed by atoms with van der Waals surface area (Å²) in [7, 11) is 0. The molecule has 2 heterocycles. The van der Waals surface area contributed by atoms with Gasteiger partial charge in [0.25, 0.3) is 0 Å². The van der Waals surface area contributed by atoms with Crippen molar-refractivity contribution in [2.75, 3.05) is 31.1 Å². The maximum absolute atomic E-state index is 12.1. The third-order valence-electron chi connectivity index (χ3n) is 8.25. The van der Waals surface area contributed by atoms with Crippen LogP contribution in [0, 0.1) is 0 Å². The van der Waals surface area contributed by atoms with Gasteiger partial charge in [-0.05, 0) is 64.5 Å². The number of aromatic carboxylic acids is 1. The Bertz CT molecular complexity index is 1440. The van der Waals surface area contributed by atoms with Crippen LogP contribution in [-0.4, -0.2) is 48.6 Å². The first kappa shape index (κ1) is 25.6. The molecule has 38 heavy (non-hydrogen) atoms. The largest absolute Gasteiger partial charge is 0.545 e. The first-order chi connectivity index (χ1) is 18.4. The Morgan fingerprint density at radius 1 is 0.947 bits per heavy atom. The van der Waals surface area contributed by atoms with E-state index in [0.29, 0.717) is 0 Å². The number of benzene rings is 2. The fraction of sp³-hybridized carbons (Fsp3) is 0.344. The minimum absolute atomic E-state index is 0.212. The SMILES string of the molecule is CC1(C)C2=CC(=[N+]3CCCC3)C=CC2=C(c2ccccc2C(=O)[O-])c2ccc(N3CCCC3)cc21.O=C=O. The smallest absolute Gasteiger partial charge is 0.373 e. The van der Waals surface area contributed by atoms with Crippen LogP contribution in [0.1, 0.15) is 66.6 Å². The molecular weight excluding hydrogens is 476 g/mol. The van der Waals surface area contributed by atoms with Gasteiger partial charge in [0.2, 0.25) is 0 Å². The molecule has 0 aromatic heterocycles. The summed E-state index contributed by atoms with van der Waals surface area (Å²) in [6.07, 6.45) is 12.0. The van der Waals surface area contributed by atoms with E-state index in [1.54, 1.807) is 12.1 Å². The summed E-state index contributed by atoms with van der Waals surface area (Å²) in [4.78, 5) is 30.9. The minimum atomic E-state index is -1.14. The number of carboxylic acids is 1. The molecule has 0 radical (unpaired) electrons. The molecule has 6 rings (SSSR count). The fourth-order valence-electron chi connectivity index (χ4n) is 6.34. The third-order valence-corrected chi connectivity index (χ3v) is 8.25. The van der Waals surface area contributed by atoms with Crippen LogP contribution in [0.25, 0.3) is 5.57 Å². The van der Waals surface area contributed by atoms with Gasteiger partial charge in [0, 0.05) is 54.7 Å². The van der Waals surface area contributed by atoms with Crippen molar-refractivity contribution >= 4 is 29.1 Å². The summed E-state index contributed by atoms with van der Waals surface area (Å²) in [5.41, 5.74) is 9.04. The molecule has 0 unspecified atom stereocenters. The number of allylic oxidation sites excluding steroid dienone is 5. The van der Waals surface area contributed by atoms with E-state index in [1.807, 2.05) is 12.1 Å². The van der Waals surface area contributed by atoms with E-state index in [2.05, 4.69) is 59.8 Å². The lowest BCUT2D eigenvalue weighted by Gasteiger charge is -2.40. The summed E-state index contributed by atoms with van der Waals surface area (Å²) in [5.74, 6) is -1.14. The van der Waals surface area contributed by atoms with Gasteiger partial charge in [-0.25, -0.2) is 4.58 Å². The van der Waals surface area contributed by atoms with Gasteiger partial charge in [0.1, 0.15) is 13.1 Å². The van der Waals surface area contributed by atoms with Crippen LogP contribution in [0.2, 0.25) is 0 Å². The van der Waals surface area contributed by atoms with Gasteiger partial charge in [-0.3, -0.25) is 0 Å². The van der Waals surface area contributed by atoms with Crippen molar-refractivity contribution in [1.82, 2.24) is 0 Å². The molecular formula is C32H32N2O4. The van der Waals surface area contributed by atoms with Gasteiger partial charge in [0.05, 0.1) is 5.97 Å². The quantitative estimate of drug-likeness (QED) is 0.588. The lowest BCUT2D eigenvalue weighted by molar-refractivity contribution is -0.504. The highest BCUT2D eigenvalue weighted by atomic mass is 16.4. The lowest BCUT2D eigenvalue weighted by Crippen LogP contribution is -2.32. The Balaban J connectivity index is 0.000000937. The number of carbonyl (C=O) groups excluding carboxylic acids is 3. The summed E-state index contributed by atoms with van der Waals surface area (Å²) in [5, 5.41) is 12.1. The third kappa shape index (κ3) is 4.46.